The molecule has 0 atom stereocenters. The fraction of sp³-hybridized carbons (Fsp3) is 0.929. The summed E-state index contributed by atoms with van der Waals surface area (Å²) in [6.45, 7) is 5.45. The van der Waals surface area contributed by atoms with E-state index in [2.05, 4.69) is 19.3 Å². The van der Waals surface area contributed by atoms with Crippen LogP contribution in [0.4, 0.5) is 4.79 Å². The zero-order chi connectivity index (χ0) is 14.3. The third-order valence-electron chi connectivity index (χ3n) is 2.83. The number of nitrogens with one attached hydrogen (secondary N) is 1. The largest absolute Gasteiger partial charge is 0.364 e. The van der Waals surface area contributed by atoms with Crippen LogP contribution in [0.25, 0.3) is 0 Å². The van der Waals surface area contributed by atoms with Gasteiger partial charge >= 0.3 is 6.03 Å². The number of nitrogens with zero attached hydrogens (tertiary/aromatic N) is 1. The van der Waals surface area contributed by atoms with Crippen molar-refractivity contribution in [3.63, 3.8) is 0 Å². The quantitative estimate of drug-likeness (QED) is 0.436. The third kappa shape index (κ3) is 12.0. The first kappa shape index (κ1) is 18.2. The van der Waals surface area contributed by atoms with Crippen LogP contribution < -0.4 is 5.48 Å². The summed E-state index contributed by atoms with van der Waals surface area (Å²) in [5.74, 6) is 0. The summed E-state index contributed by atoms with van der Waals surface area (Å²) in [6, 6.07) is -0.356. The Balaban J connectivity index is 3.38. The van der Waals surface area contributed by atoms with E-state index >= 15 is 0 Å². The summed E-state index contributed by atoms with van der Waals surface area (Å²) in [5.41, 5.74) is 2.37. The maximum atomic E-state index is 11.5. The van der Waals surface area contributed by atoms with Gasteiger partial charge in [0.2, 0.25) is 0 Å². The summed E-state index contributed by atoms with van der Waals surface area (Å²) in [4.78, 5) is 21.9. The van der Waals surface area contributed by atoms with Gasteiger partial charge in [0.25, 0.3) is 0 Å². The normalized spacial score (nSPS) is 10.5. The van der Waals surface area contributed by atoms with Gasteiger partial charge in [0.05, 0.1) is 13.2 Å². The predicted molar refractivity (Wildman–Crippen MR) is 76.5 cm³/mol. The van der Waals surface area contributed by atoms with Crippen LogP contribution >= 0.6 is 0 Å². The second-order valence-corrected chi connectivity index (χ2v) is 4.71. The predicted octanol–water partition coefficient (Wildman–Crippen LogP) is 3.65. The first-order valence-corrected chi connectivity index (χ1v) is 7.50. The molecule has 0 heterocycles. The topological polar surface area (TPSA) is 50.8 Å². The third-order valence-corrected chi connectivity index (χ3v) is 2.83. The zero-order valence-corrected chi connectivity index (χ0v) is 12.7. The Morgan fingerprint density at radius 3 is 2.11 bits per heavy atom. The second kappa shape index (κ2) is 13.6. The molecule has 114 valence electrons. The minimum absolute atomic E-state index is 0.356. The van der Waals surface area contributed by atoms with Gasteiger partial charge in [0, 0.05) is 7.05 Å². The van der Waals surface area contributed by atoms with Gasteiger partial charge in [-0.2, -0.15) is 0 Å². The van der Waals surface area contributed by atoms with Gasteiger partial charge in [0.1, 0.15) is 0 Å². The molecular formula is C14H30N2O3. The molecule has 0 radical (unpaired) electrons. The van der Waals surface area contributed by atoms with E-state index in [-0.39, 0.29) is 6.03 Å². The van der Waals surface area contributed by atoms with Crippen LogP contribution in [-0.4, -0.2) is 31.4 Å². The van der Waals surface area contributed by atoms with Gasteiger partial charge in [-0.05, 0) is 12.8 Å². The summed E-state index contributed by atoms with van der Waals surface area (Å²) in [6.07, 6.45) is 9.02. The van der Waals surface area contributed by atoms with Gasteiger partial charge < -0.3 is 0 Å². The van der Waals surface area contributed by atoms with E-state index in [9.17, 15) is 4.79 Å². The molecule has 0 spiro atoms. The Morgan fingerprint density at radius 2 is 1.53 bits per heavy atom. The molecule has 0 unspecified atom stereocenters. The van der Waals surface area contributed by atoms with Crippen molar-refractivity contribution in [2.75, 3.05) is 20.3 Å². The van der Waals surface area contributed by atoms with Gasteiger partial charge in [-0.3, -0.25) is 9.68 Å². The summed E-state index contributed by atoms with van der Waals surface area (Å²) in [5, 5.41) is 1.19. The van der Waals surface area contributed by atoms with Crippen molar-refractivity contribution >= 4 is 6.03 Å². The van der Waals surface area contributed by atoms with E-state index in [4.69, 9.17) is 9.68 Å². The first-order chi connectivity index (χ1) is 9.22. The number of amides is 2. The lowest BCUT2D eigenvalue weighted by atomic mass is 10.2. The molecule has 5 nitrogen and oxygen atoms in total. The van der Waals surface area contributed by atoms with Crippen molar-refractivity contribution in [3.8, 4) is 0 Å². The highest BCUT2D eigenvalue weighted by Gasteiger charge is 2.08. The van der Waals surface area contributed by atoms with Crippen LogP contribution in [-0.2, 0) is 9.68 Å². The number of hydrogen-bond acceptors (Lipinski definition) is 3. The van der Waals surface area contributed by atoms with Gasteiger partial charge in [-0.15, -0.1) is 0 Å². The maximum Gasteiger partial charge on any atom is 0.364 e. The van der Waals surface area contributed by atoms with Crippen LogP contribution in [0, 0.1) is 0 Å². The number of carbonyl (C=O) groups excluding carboxylic acids is 1. The number of hydrogen-bond donors (Lipinski definition) is 1. The molecule has 0 saturated heterocycles. The van der Waals surface area contributed by atoms with Crippen molar-refractivity contribution in [1.29, 1.82) is 0 Å². The average molecular weight is 274 g/mol. The van der Waals surface area contributed by atoms with E-state index in [0.717, 1.165) is 25.7 Å². The van der Waals surface area contributed by atoms with Crippen molar-refractivity contribution in [2.45, 2.75) is 65.2 Å². The molecule has 0 rings (SSSR count). The van der Waals surface area contributed by atoms with Gasteiger partial charge in [-0.1, -0.05) is 52.4 Å². The molecular weight excluding hydrogens is 244 g/mol. The fourth-order valence-corrected chi connectivity index (χ4v) is 1.57. The van der Waals surface area contributed by atoms with Gasteiger partial charge in [-0.25, -0.2) is 15.3 Å². The standard InChI is InChI=1S/C14H30N2O3/c1-4-6-8-10-12-18-15-14(17)16(3)19-13-11-9-7-5-2/h4-13H2,1-3H3,(H,15,17). The average Bonchev–Trinajstić information content (AvgIpc) is 2.42. The van der Waals surface area contributed by atoms with Crippen molar-refractivity contribution in [1.82, 2.24) is 10.5 Å². The molecule has 0 saturated carbocycles. The number of hydroxylamine groups is 3. The Bertz CT molecular complexity index is 213. The zero-order valence-electron chi connectivity index (χ0n) is 12.7. The van der Waals surface area contributed by atoms with Crippen molar-refractivity contribution in [2.24, 2.45) is 0 Å². The van der Waals surface area contributed by atoms with E-state index in [1.165, 1.54) is 30.7 Å². The highest BCUT2D eigenvalue weighted by Crippen LogP contribution is 2.00. The Hall–Kier alpha value is -0.810. The lowest BCUT2D eigenvalue weighted by Crippen LogP contribution is -2.37. The molecule has 0 aromatic heterocycles. The number of unbranched alkanes of at least 4 members (excludes halogenated alkanes) is 6. The highest BCUT2D eigenvalue weighted by atomic mass is 16.7. The van der Waals surface area contributed by atoms with Crippen LogP contribution in [0.15, 0.2) is 0 Å². The smallest absolute Gasteiger partial charge is 0.272 e. The minimum atomic E-state index is -0.356. The SMILES string of the molecule is CCCCCCONC(=O)N(C)OCCCCCC. The monoisotopic (exact) mass is 274 g/mol. The number of urea groups is 1. The van der Waals surface area contributed by atoms with Crippen LogP contribution in [0.2, 0.25) is 0 Å². The van der Waals surface area contributed by atoms with Crippen LogP contribution in [0.5, 0.6) is 0 Å². The Morgan fingerprint density at radius 1 is 0.947 bits per heavy atom. The lowest BCUT2D eigenvalue weighted by Gasteiger charge is -2.17. The molecule has 19 heavy (non-hydrogen) atoms. The van der Waals surface area contributed by atoms with E-state index in [1.807, 2.05) is 0 Å². The maximum absolute atomic E-state index is 11.5. The van der Waals surface area contributed by atoms with E-state index in [0.29, 0.717) is 13.2 Å². The van der Waals surface area contributed by atoms with E-state index < -0.39 is 0 Å². The summed E-state index contributed by atoms with van der Waals surface area (Å²) in [7, 11) is 1.59. The van der Waals surface area contributed by atoms with Crippen molar-refractivity contribution in [3.05, 3.63) is 0 Å². The van der Waals surface area contributed by atoms with Crippen LogP contribution in [0.1, 0.15) is 65.2 Å². The number of carbonyl (C=O) groups is 1. The molecule has 2 amide bonds. The molecule has 0 aromatic rings. The van der Waals surface area contributed by atoms with Crippen LogP contribution in [0.3, 0.4) is 0 Å². The lowest BCUT2D eigenvalue weighted by molar-refractivity contribution is -0.111. The fourth-order valence-electron chi connectivity index (χ4n) is 1.57. The summed E-state index contributed by atoms with van der Waals surface area (Å²) < 4.78 is 0. The Labute approximate surface area is 117 Å². The number of rotatable bonds is 12. The highest BCUT2D eigenvalue weighted by molar-refractivity contribution is 5.71. The molecule has 0 fully saturated rings. The van der Waals surface area contributed by atoms with E-state index in [1.54, 1.807) is 7.05 Å². The summed E-state index contributed by atoms with van der Waals surface area (Å²) >= 11 is 0. The van der Waals surface area contributed by atoms with Crippen molar-refractivity contribution < 1.29 is 14.5 Å². The Kier molecular flexibility index (Phi) is 13.0. The molecule has 5 heteroatoms. The molecule has 1 N–H and O–H groups in total. The molecule has 0 bridgehead atoms. The molecule has 0 aliphatic rings. The first-order valence-electron chi connectivity index (χ1n) is 7.50. The molecule has 0 aromatic carbocycles. The van der Waals surface area contributed by atoms with Gasteiger partial charge in [0.15, 0.2) is 0 Å². The molecule has 0 aliphatic carbocycles. The second-order valence-electron chi connectivity index (χ2n) is 4.71. The minimum Gasteiger partial charge on any atom is -0.272 e. The molecule has 0 aliphatic heterocycles.